The van der Waals surface area contributed by atoms with Gasteiger partial charge in [0.25, 0.3) is 0 Å². The second kappa shape index (κ2) is 10.9. The molecule has 3 rings (SSSR count). The number of fused-ring (bicyclic) bond motifs is 1. The number of carbonyl (C=O) groups excluding carboxylic acids is 1. The monoisotopic (exact) mass is 485 g/mol. The summed E-state index contributed by atoms with van der Waals surface area (Å²) in [6.45, 7) is 2.91. The summed E-state index contributed by atoms with van der Waals surface area (Å²) in [5, 5.41) is 14.8. The number of aromatic nitrogens is 1. The number of nitrogens with one attached hydrogen (secondary N) is 2. The minimum atomic E-state index is -4.56. The maximum absolute atomic E-state index is 13.0. The van der Waals surface area contributed by atoms with Crippen LogP contribution in [0.5, 0.6) is 0 Å². The van der Waals surface area contributed by atoms with Gasteiger partial charge in [0.05, 0.1) is 11.5 Å². The number of carboxylic acid groups (broad SMARTS) is 1. The van der Waals surface area contributed by atoms with E-state index in [1.165, 1.54) is 5.56 Å². The van der Waals surface area contributed by atoms with E-state index >= 15 is 0 Å². The van der Waals surface area contributed by atoms with Crippen LogP contribution in [0.1, 0.15) is 63.6 Å². The van der Waals surface area contributed by atoms with Crippen LogP contribution in [0.15, 0.2) is 12.1 Å². The number of alkyl halides is 3. The summed E-state index contributed by atoms with van der Waals surface area (Å²) in [4.78, 5) is 28.1. The maximum Gasteiger partial charge on any atom is 0.394 e. The largest absolute Gasteiger partial charge is 0.480 e. The van der Waals surface area contributed by atoms with E-state index in [1.54, 1.807) is 0 Å². The van der Waals surface area contributed by atoms with Crippen molar-refractivity contribution in [3.8, 4) is 0 Å². The summed E-state index contributed by atoms with van der Waals surface area (Å²) in [5.74, 6) is -0.708. The molecule has 1 saturated carbocycles. The van der Waals surface area contributed by atoms with Crippen LogP contribution in [0.25, 0.3) is 0 Å². The van der Waals surface area contributed by atoms with Gasteiger partial charge < -0.3 is 20.5 Å². The Balaban J connectivity index is 1.33. The van der Waals surface area contributed by atoms with Gasteiger partial charge in [0, 0.05) is 31.7 Å². The summed E-state index contributed by atoms with van der Waals surface area (Å²) in [6.07, 6.45) is 0.517. The van der Waals surface area contributed by atoms with Crippen LogP contribution in [0.4, 0.5) is 19.0 Å². The first-order valence-corrected chi connectivity index (χ1v) is 11.9. The normalized spacial score (nSPS) is 21.1. The van der Waals surface area contributed by atoms with Crippen molar-refractivity contribution in [2.45, 2.75) is 83.5 Å². The van der Waals surface area contributed by atoms with E-state index in [9.17, 15) is 27.9 Å². The number of carboxylic acids is 1. The third-order valence-electron chi connectivity index (χ3n) is 6.72. The predicted octanol–water partition coefficient (Wildman–Crippen LogP) is 4.11. The first-order chi connectivity index (χ1) is 15.9. The zero-order valence-electron chi connectivity index (χ0n) is 19.7. The van der Waals surface area contributed by atoms with Crippen molar-refractivity contribution in [2.75, 3.05) is 18.5 Å². The summed E-state index contributed by atoms with van der Waals surface area (Å²) < 4.78 is 44.6. The molecule has 1 aromatic rings. The molecule has 190 valence electrons. The van der Waals surface area contributed by atoms with Crippen LogP contribution in [-0.2, 0) is 27.2 Å². The number of halogens is 3. The van der Waals surface area contributed by atoms with Crippen LogP contribution in [0, 0.1) is 11.3 Å². The average Bonchev–Trinajstić information content (AvgIpc) is 2.72. The highest BCUT2D eigenvalue weighted by molar-refractivity contribution is 5.83. The molecule has 10 heteroatoms. The Morgan fingerprint density at radius 1 is 1.29 bits per heavy atom. The Bertz CT molecular complexity index is 870. The van der Waals surface area contributed by atoms with Crippen molar-refractivity contribution in [3.63, 3.8) is 0 Å². The fraction of sp³-hybridized carbons (Fsp3) is 0.708. The lowest BCUT2D eigenvalue weighted by Gasteiger charge is -2.35. The highest BCUT2D eigenvalue weighted by Crippen LogP contribution is 2.40. The zero-order valence-corrected chi connectivity index (χ0v) is 19.7. The van der Waals surface area contributed by atoms with Gasteiger partial charge in [-0.2, -0.15) is 13.2 Å². The van der Waals surface area contributed by atoms with Gasteiger partial charge in [0.1, 0.15) is 11.9 Å². The third-order valence-corrected chi connectivity index (χ3v) is 6.72. The minimum absolute atomic E-state index is 0.000726. The smallest absolute Gasteiger partial charge is 0.394 e. The van der Waals surface area contributed by atoms with Crippen molar-refractivity contribution < 1.29 is 32.6 Å². The molecule has 3 N–H and O–H groups in total. The Kier molecular flexibility index (Phi) is 8.43. The molecule has 0 saturated heterocycles. The van der Waals surface area contributed by atoms with Gasteiger partial charge in [-0.15, -0.1) is 0 Å². The first-order valence-electron chi connectivity index (χ1n) is 11.9. The van der Waals surface area contributed by atoms with E-state index in [0.29, 0.717) is 5.92 Å². The third kappa shape index (κ3) is 7.07. The molecule has 1 fully saturated rings. The number of rotatable bonds is 11. The molecule has 2 heterocycles. The molecule has 2 aliphatic rings. The van der Waals surface area contributed by atoms with Gasteiger partial charge in [-0.05, 0) is 56.1 Å². The number of hydrogen-bond donors (Lipinski definition) is 3. The van der Waals surface area contributed by atoms with Crippen LogP contribution in [0.2, 0.25) is 0 Å². The summed E-state index contributed by atoms with van der Waals surface area (Å²) in [7, 11) is 0. The quantitative estimate of drug-likeness (QED) is 0.436. The number of nitrogens with zero attached hydrogens (tertiary/aromatic N) is 1. The SMILES string of the molecule is CC(C)(CC(=O)N[C@@H](CCO[C@H]1C[C@@H](CCc2ccc3c(n2)NCCC3)C1)C(=O)O)C(F)(F)F. The molecule has 1 atom stereocenters. The first kappa shape index (κ1) is 26.2. The van der Waals surface area contributed by atoms with Crippen LogP contribution in [0.3, 0.4) is 0 Å². The highest BCUT2D eigenvalue weighted by Gasteiger charge is 2.48. The van der Waals surface area contributed by atoms with Crippen molar-refractivity contribution in [1.82, 2.24) is 10.3 Å². The molecule has 7 nitrogen and oxygen atoms in total. The second-order valence-electron chi connectivity index (χ2n) is 10.0. The van der Waals surface area contributed by atoms with Crippen LogP contribution in [-0.4, -0.2) is 53.4 Å². The van der Waals surface area contributed by atoms with E-state index in [2.05, 4.69) is 22.8 Å². The van der Waals surface area contributed by atoms with Gasteiger partial charge in [0.2, 0.25) is 5.91 Å². The van der Waals surface area contributed by atoms with E-state index < -0.39 is 35.9 Å². The molecule has 34 heavy (non-hydrogen) atoms. The van der Waals surface area contributed by atoms with E-state index in [-0.39, 0.29) is 19.1 Å². The molecule has 1 amide bonds. The predicted molar refractivity (Wildman–Crippen MR) is 120 cm³/mol. The molecular formula is C24H34F3N3O4. The fourth-order valence-electron chi connectivity index (χ4n) is 4.26. The number of pyridine rings is 1. The van der Waals surface area contributed by atoms with Crippen LogP contribution < -0.4 is 10.6 Å². The topological polar surface area (TPSA) is 101 Å². The lowest BCUT2D eigenvalue weighted by molar-refractivity contribution is -0.213. The number of aryl methyl sites for hydroxylation is 2. The zero-order chi connectivity index (χ0) is 24.9. The summed E-state index contributed by atoms with van der Waals surface area (Å²) in [5.41, 5.74) is 0.112. The van der Waals surface area contributed by atoms with Crippen LogP contribution >= 0.6 is 0 Å². The Morgan fingerprint density at radius 3 is 2.71 bits per heavy atom. The Labute approximate surface area is 197 Å². The summed E-state index contributed by atoms with van der Waals surface area (Å²) in [6, 6.07) is 2.96. The number of amides is 1. The molecule has 1 aliphatic heterocycles. The second-order valence-corrected chi connectivity index (χ2v) is 10.0. The molecule has 1 aliphatic carbocycles. The molecule has 0 spiro atoms. The van der Waals surface area contributed by atoms with Gasteiger partial charge in [-0.25, -0.2) is 9.78 Å². The molecule has 0 bridgehead atoms. The number of carbonyl (C=O) groups is 2. The van der Waals surface area contributed by atoms with Gasteiger partial charge in [0.15, 0.2) is 0 Å². The fourth-order valence-corrected chi connectivity index (χ4v) is 4.26. The highest BCUT2D eigenvalue weighted by atomic mass is 19.4. The number of anilines is 1. The molecular weight excluding hydrogens is 451 g/mol. The Hall–Kier alpha value is -2.36. The minimum Gasteiger partial charge on any atom is -0.480 e. The molecule has 0 unspecified atom stereocenters. The number of ether oxygens (including phenoxy) is 1. The van der Waals surface area contributed by atoms with Gasteiger partial charge >= 0.3 is 12.1 Å². The molecule has 1 aromatic heterocycles. The van der Waals surface area contributed by atoms with Gasteiger partial charge in [-0.1, -0.05) is 19.9 Å². The lowest BCUT2D eigenvalue weighted by atomic mass is 9.79. The molecule has 0 aromatic carbocycles. The summed E-state index contributed by atoms with van der Waals surface area (Å²) >= 11 is 0. The van der Waals surface area contributed by atoms with Crippen molar-refractivity contribution in [3.05, 3.63) is 23.4 Å². The van der Waals surface area contributed by atoms with Gasteiger partial charge in [-0.3, -0.25) is 4.79 Å². The maximum atomic E-state index is 13.0. The number of hydrogen-bond acceptors (Lipinski definition) is 5. The lowest BCUT2D eigenvalue weighted by Crippen LogP contribution is -2.45. The average molecular weight is 486 g/mol. The van der Waals surface area contributed by atoms with E-state index in [1.807, 2.05) is 0 Å². The standard InChI is InChI=1S/C24H34F3N3O4/c1-23(2,24(25,26)27)14-20(31)30-19(22(32)33)9-11-34-18-12-15(13-18)5-7-17-8-6-16-4-3-10-28-21(16)29-17/h6,8,15,18-19H,3-5,7,9-14H2,1-2H3,(H,28,29)(H,30,31)(H,32,33)/t15-,18+,19-/m0/s1. The van der Waals surface area contributed by atoms with E-state index in [0.717, 1.165) is 70.4 Å². The Morgan fingerprint density at radius 2 is 2.03 bits per heavy atom. The van der Waals surface area contributed by atoms with Crippen molar-refractivity contribution in [2.24, 2.45) is 11.3 Å². The van der Waals surface area contributed by atoms with Crippen molar-refractivity contribution >= 4 is 17.7 Å². The van der Waals surface area contributed by atoms with E-state index in [4.69, 9.17) is 9.72 Å². The van der Waals surface area contributed by atoms with Crippen molar-refractivity contribution in [1.29, 1.82) is 0 Å². The molecule has 0 radical (unpaired) electrons. The number of aliphatic carboxylic acids is 1.